The summed E-state index contributed by atoms with van der Waals surface area (Å²) in [5.41, 5.74) is 5.36. The number of fused-ring (bicyclic) bond motifs is 4. The summed E-state index contributed by atoms with van der Waals surface area (Å²) >= 11 is 0. The summed E-state index contributed by atoms with van der Waals surface area (Å²) in [6.07, 6.45) is 0. The van der Waals surface area contributed by atoms with Crippen LogP contribution in [0.2, 0.25) is 0 Å². The van der Waals surface area contributed by atoms with Gasteiger partial charge in [-0.05, 0) is 22.6 Å². The van der Waals surface area contributed by atoms with Gasteiger partial charge in [0.1, 0.15) is 19.9 Å². The SMILES string of the molecule is Cn1c(O)[n+](C)c2c(c1=O)C(c1ccc(C(C)(C)C)cc1)C1=C(O)c3ccccc3C1=[NH+]2. The Morgan fingerprint density at radius 2 is 1.62 bits per heavy atom. The summed E-state index contributed by atoms with van der Waals surface area (Å²) < 4.78 is 2.82. The van der Waals surface area contributed by atoms with Crippen molar-refractivity contribution in [3.05, 3.63) is 92.3 Å². The van der Waals surface area contributed by atoms with Gasteiger partial charge in [-0.1, -0.05) is 63.2 Å². The Balaban J connectivity index is 1.85. The minimum Gasteiger partial charge on any atom is -0.507 e. The molecule has 1 aliphatic carbocycles. The van der Waals surface area contributed by atoms with Gasteiger partial charge < -0.3 is 10.2 Å². The summed E-state index contributed by atoms with van der Waals surface area (Å²) in [4.78, 5) is 16.7. The van der Waals surface area contributed by atoms with E-state index < -0.39 is 5.92 Å². The van der Waals surface area contributed by atoms with E-state index in [0.29, 0.717) is 17.0 Å². The molecule has 0 saturated heterocycles. The van der Waals surface area contributed by atoms with Gasteiger partial charge in [-0.2, -0.15) is 0 Å². The van der Waals surface area contributed by atoms with Gasteiger partial charge in [0.25, 0.3) is 0 Å². The number of aliphatic hydroxyl groups is 1. The minimum absolute atomic E-state index is 0.00120. The van der Waals surface area contributed by atoms with E-state index in [9.17, 15) is 15.0 Å². The zero-order valence-electron chi connectivity index (χ0n) is 18.9. The highest BCUT2D eigenvalue weighted by Crippen LogP contribution is 2.43. The van der Waals surface area contributed by atoms with Crippen molar-refractivity contribution >= 4 is 17.3 Å². The molecular formula is C26H27N3O3+2. The molecule has 0 fully saturated rings. The lowest BCUT2D eigenvalue weighted by Gasteiger charge is -2.23. The number of aromatic hydroxyl groups is 1. The van der Waals surface area contributed by atoms with Gasteiger partial charge in [0.15, 0.2) is 11.3 Å². The molecule has 0 spiro atoms. The second-order valence-corrected chi connectivity index (χ2v) is 9.60. The highest BCUT2D eigenvalue weighted by atomic mass is 16.3. The molecule has 6 heteroatoms. The first-order valence-corrected chi connectivity index (χ1v) is 10.7. The molecule has 0 radical (unpaired) electrons. The Hall–Kier alpha value is -3.67. The van der Waals surface area contributed by atoms with Crippen LogP contribution in [0.15, 0.2) is 58.9 Å². The molecule has 1 atom stereocenters. The third kappa shape index (κ3) is 2.68. The highest BCUT2D eigenvalue weighted by Gasteiger charge is 2.47. The molecule has 2 heterocycles. The Morgan fingerprint density at radius 3 is 2.25 bits per heavy atom. The molecule has 0 amide bonds. The minimum atomic E-state index is -0.479. The van der Waals surface area contributed by atoms with Crippen molar-refractivity contribution in [2.75, 3.05) is 0 Å². The quantitative estimate of drug-likeness (QED) is 0.517. The van der Waals surface area contributed by atoms with Crippen molar-refractivity contribution in [3.63, 3.8) is 0 Å². The third-order valence-electron chi connectivity index (χ3n) is 6.63. The third-order valence-corrected chi connectivity index (χ3v) is 6.63. The van der Waals surface area contributed by atoms with Crippen LogP contribution in [0.3, 0.4) is 0 Å². The van der Waals surface area contributed by atoms with Crippen LogP contribution in [0.5, 0.6) is 6.01 Å². The zero-order chi connectivity index (χ0) is 22.9. The number of aliphatic hydroxyl groups excluding tert-OH is 1. The monoisotopic (exact) mass is 429 g/mol. The smallest absolute Gasteiger partial charge is 0.507 e. The normalized spacial score (nSPS) is 17.0. The van der Waals surface area contributed by atoms with Gasteiger partial charge in [-0.25, -0.2) is 9.79 Å². The van der Waals surface area contributed by atoms with Crippen molar-refractivity contribution in [3.8, 4) is 6.01 Å². The van der Waals surface area contributed by atoms with Crippen molar-refractivity contribution in [1.82, 2.24) is 4.57 Å². The van der Waals surface area contributed by atoms with E-state index in [-0.39, 0.29) is 22.7 Å². The summed E-state index contributed by atoms with van der Waals surface area (Å²) in [6.45, 7) is 6.48. The van der Waals surface area contributed by atoms with Crippen molar-refractivity contribution in [1.29, 1.82) is 0 Å². The topological polar surface area (TPSA) is 80.3 Å². The maximum absolute atomic E-state index is 13.4. The van der Waals surface area contributed by atoms with E-state index in [2.05, 4.69) is 37.9 Å². The Morgan fingerprint density at radius 1 is 1.00 bits per heavy atom. The molecule has 162 valence electrons. The van der Waals surface area contributed by atoms with Crippen molar-refractivity contribution in [2.45, 2.75) is 32.1 Å². The van der Waals surface area contributed by atoms with E-state index in [1.54, 1.807) is 18.7 Å². The molecule has 2 aliphatic rings. The summed E-state index contributed by atoms with van der Waals surface area (Å²) in [5, 5.41) is 21.8. The molecular weight excluding hydrogens is 402 g/mol. The van der Waals surface area contributed by atoms with Crippen LogP contribution in [0.4, 0.5) is 5.82 Å². The number of benzene rings is 2. The van der Waals surface area contributed by atoms with Crippen LogP contribution in [0, 0.1) is 0 Å². The predicted molar refractivity (Wildman–Crippen MR) is 122 cm³/mol. The summed E-state index contributed by atoms with van der Waals surface area (Å²) in [7, 11) is 3.27. The van der Waals surface area contributed by atoms with E-state index in [0.717, 1.165) is 22.4 Å². The standard InChI is InChI=1S/C26H25N3O3/c1-26(2,3)15-12-10-14(11-13-15)18-19-21(16-8-6-7-9-17(16)22(19)30)27-23-20(18)24(31)29(5)25(32)28(23)4/h6-13,18H,1-5H3,(H,27,30,31)/p+2. The molecule has 6 nitrogen and oxygen atoms in total. The molecule has 0 saturated carbocycles. The van der Waals surface area contributed by atoms with Gasteiger partial charge >= 0.3 is 17.4 Å². The molecule has 0 bridgehead atoms. The second-order valence-electron chi connectivity index (χ2n) is 9.60. The molecule has 1 unspecified atom stereocenters. The fourth-order valence-corrected chi connectivity index (χ4v) is 4.79. The van der Waals surface area contributed by atoms with Crippen LogP contribution in [0.1, 0.15) is 54.5 Å². The lowest BCUT2D eigenvalue weighted by Crippen LogP contribution is -2.75. The number of hydrogen-bond acceptors (Lipinski definition) is 3. The zero-order valence-corrected chi connectivity index (χ0v) is 18.9. The van der Waals surface area contributed by atoms with Crippen LogP contribution < -0.4 is 15.1 Å². The number of allylic oxidation sites excluding steroid dienone is 1. The molecule has 1 aliphatic heterocycles. The Labute approximate surface area is 186 Å². The average Bonchev–Trinajstić information content (AvgIpc) is 3.06. The Kier molecular flexibility index (Phi) is 4.21. The average molecular weight is 430 g/mol. The maximum Gasteiger partial charge on any atom is 0.519 e. The predicted octanol–water partition coefficient (Wildman–Crippen LogP) is 1.84. The highest BCUT2D eigenvalue weighted by molar-refractivity contribution is 6.21. The van der Waals surface area contributed by atoms with Crippen LogP contribution in [-0.2, 0) is 19.5 Å². The van der Waals surface area contributed by atoms with Crippen LogP contribution >= 0.6 is 0 Å². The number of rotatable bonds is 1. The van der Waals surface area contributed by atoms with E-state index in [4.69, 9.17) is 0 Å². The van der Waals surface area contributed by atoms with E-state index >= 15 is 0 Å². The number of hydrogen-bond donors (Lipinski definition) is 3. The van der Waals surface area contributed by atoms with Crippen molar-refractivity contribution < 1.29 is 19.8 Å². The van der Waals surface area contributed by atoms with Crippen molar-refractivity contribution in [2.24, 2.45) is 14.1 Å². The van der Waals surface area contributed by atoms with Gasteiger partial charge in [0.2, 0.25) is 0 Å². The molecule has 5 rings (SSSR count). The van der Waals surface area contributed by atoms with Gasteiger partial charge in [-0.3, -0.25) is 0 Å². The first-order chi connectivity index (χ1) is 15.1. The van der Waals surface area contributed by atoms with E-state index in [1.807, 2.05) is 36.4 Å². The fourth-order valence-electron chi connectivity index (χ4n) is 4.79. The lowest BCUT2D eigenvalue weighted by molar-refractivity contribution is -0.723. The van der Waals surface area contributed by atoms with Gasteiger partial charge in [-0.15, -0.1) is 9.13 Å². The van der Waals surface area contributed by atoms with Gasteiger partial charge in [0.05, 0.1) is 11.5 Å². The maximum atomic E-state index is 13.4. The number of nitrogens with zero attached hydrogens (tertiary/aromatic N) is 2. The first kappa shape index (κ1) is 20.2. The fraction of sp³-hybridized carbons (Fsp3) is 0.269. The largest absolute Gasteiger partial charge is 0.519 e. The first-order valence-electron chi connectivity index (χ1n) is 10.7. The van der Waals surface area contributed by atoms with Crippen LogP contribution in [-0.4, -0.2) is 20.5 Å². The van der Waals surface area contributed by atoms with Crippen LogP contribution in [0.25, 0.3) is 5.76 Å². The van der Waals surface area contributed by atoms with E-state index in [1.165, 1.54) is 10.1 Å². The molecule has 3 aromatic rings. The van der Waals surface area contributed by atoms with Gasteiger partial charge in [0, 0.05) is 11.1 Å². The molecule has 32 heavy (non-hydrogen) atoms. The Bertz CT molecular complexity index is 1400. The number of nitrogens with one attached hydrogen (secondary N) is 1. The molecule has 1 aromatic heterocycles. The number of aromatic nitrogens is 2. The molecule has 2 aromatic carbocycles. The second kappa shape index (κ2) is 6.66. The summed E-state index contributed by atoms with van der Waals surface area (Å²) in [5.74, 6) is 0.225. The summed E-state index contributed by atoms with van der Waals surface area (Å²) in [6, 6.07) is 15.7. The lowest BCUT2D eigenvalue weighted by atomic mass is 9.79. The molecule has 3 N–H and O–H groups in total.